The van der Waals surface area contributed by atoms with Gasteiger partial charge in [0.25, 0.3) is 5.91 Å². The summed E-state index contributed by atoms with van der Waals surface area (Å²) >= 11 is 0. The Bertz CT molecular complexity index is 919. The summed E-state index contributed by atoms with van der Waals surface area (Å²) in [5.74, 6) is 0.744. The number of piperazine rings is 1. The molecular weight excluding hydrogens is 411 g/mol. The van der Waals surface area contributed by atoms with E-state index in [-0.39, 0.29) is 30.4 Å². The zero-order valence-electron chi connectivity index (χ0n) is 18.9. The third kappa shape index (κ3) is 6.07. The molecule has 172 valence electrons. The highest BCUT2D eigenvalue weighted by molar-refractivity contribution is 5.78. The van der Waals surface area contributed by atoms with Gasteiger partial charge >= 0.3 is 0 Å². The van der Waals surface area contributed by atoms with E-state index in [9.17, 15) is 14.0 Å². The van der Waals surface area contributed by atoms with Crippen LogP contribution in [0, 0.1) is 5.82 Å². The molecule has 0 aromatic heterocycles. The lowest BCUT2D eigenvalue weighted by Gasteiger charge is -2.44. The molecule has 1 aliphatic rings. The van der Waals surface area contributed by atoms with E-state index in [0.29, 0.717) is 30.9 Å². The van der Waals surface area contributed by atoms with Crippen LogP contribution >= 0.6 is 0 Å². The van der Waals surface area contributed by atoms with Crippen LogP contribution in [-0.2, 0) is 22.6 Å². The molecule has 1 saturated heterocycles. The maximum Gasteiger partial charge on any atom is 0.260 e. The van der Waals surface area contributed by atoms with Crippen molar-refractivity contribution in [2.24, 2.45) is 0 Å². The second-order valence-corrected chi connectivity index (χ2v) is 8.28. The molecule has 0 aliphatic carbocycles. The van der Waals surface area contributed by atoms with Crippen molar-refractivity contribution in [1.82, 2.24) is 9.80 Å². The van der Waals surface area contributed by atoms with Crippen molar-refractivity contribution < 1.29 is 23.5 Å². The van der Waals surface area contributed by atoms with Gasteiger partial charge in [-0.15, -0.1) is 0 Å². The first-order valence-electron chi connectivity index (χ1n) is 10.9. The fourth-order valence-electron chi connectivity index (χ4n) is 4.03. The lowest BCUT2D eigenvalue weighted by atomic mass is 10.1. The molecule has 2 atom stereocenters. The van der Waals surface area contributed by atoms with E-state index in [1.54, 1.807) is 25.3 Å². The standard InChI is InChI=1S/C25H31FN2O4/c1-18-15-28(19(2)14-27(18)16-21-6-9-22(26)10-7-21)25(30)17-32-23-11-8-20(5-4-12-29)13-24(23)31-3/h6-13,18-19H,4-5,14-17H2,1-3H3/t18-,19+/m0/s1. The summed E-state index contributed by atoms with van der Waals surface area (Å²) in [6.45, 7) is 6.11. The molecule has 2 aromatic carbocycles. The Morgan fingerprint density at radius 3 is 2.47 bits per heavy atom. The highest BCUT2D eigenvalue weighted by Gasteiger charge is 2.32. The van der Waals surface area contributed by atoms with Crippen LogP contribution in [0.2, 0.25) is 0 Å². The number of ether oxygens (including phenoxy) is 2. The summed E-state index contributed by atoms with van der Waals surface area (Å²) in [5, 5.41) is 0. The van der Waals surface area contributed by atoms with Crippen LogP contribution < -0.4 is 9.47 Å². The van der Waals surface area contributed by atoms with Gasteiger partial charge in [0.1, 0.15) is 12.1 Å². The lowest BCUT2D eigenvalue weighted by Crippen LogP contribution is -2.58. The van der Waals surface area contributed by atoms with Gasteiger partial charge < -0.3 is 19.2 Å². The van der Waals surface area contributed by atoms with Gasteiger partial charge in [0, 0.05) is 38.1 Å². The normalized spacial score (nSPS) is 18.9. The third-order valence-corrected chi connectivity index (χ3v) is 5.86. The molecule has 1 amide bonds. The van der Waals surface area contributed by atoms with E-state index in [1.807, 2.05) is 24.0 Å². The van der Waals surface area contributed by atoms with Crippen molar-refractivity contribution in [3.63, 3.8) is 0 Å². The summed E-state index contributed by atoms with van der Waals surface area (Å²) < 4.78 is 24.3. The average molecular weight is 443 g/mol. The zero-order chi connectivity index (χ0) is 23.1. The van der Waals surface area contributed by atoms with E-state index < -0.39 is 0 Å². The smallest absolute Gasteiger partial charge is 0.260 e. The second-order valence-electron chi connectivity index (χ2n) is 8.28. The number of carbonyl (C=O) groups is 2. The van der Waals surface area contributed by atoms with Gasteiger partial charge in [-0.25, -0.2) is 4.39 Å². The molecule has 0 bridgehead atoms. The van der Waals surface area contributed by atoms with E-state index >= 15 is 0 Å². The SMILES string of the molecule is COc1cc(CCC=O)ccc1OCC(=O)N1C[C@H](C)N(Cc2ccc(F)cc2)C[C@H]1C. The number of nitrogens with zero attached hydrogens (tertiary/aromatic N) is 2. The maximum atomic E-state index is 13.2. The van der Waals surface area contributed by atoms with E-state index in [2.05, 4.69) is 11.8 Å². The number of methoxy groups -OCH3 is 1. The van der Waals surface area contributed by atoms with E-state index in [4.69, 9.17) is 9.47 Å². The molecule has 3 rings (SSSR count). The van der Waals surface area contributed by atoms with Gasteiger partial charge in [-0.05, 0) is 55.7 Å². The van der Waals surface area contributed by atoms with Crippen molar-refractivity contribution >= 4 is 12.2 Å². The summed E-state index contributed by atoms with van der Waals surface area (Å²) in [7, 11) is 1.55. The van der Waals surface area contributed by atoms with Crippen LogP contribution in [0.5, 0.6) is 11.5 Å². The number of aryl methyl sites for hydroxylation is 1. The molecule has 6 nitrogen and oxygen atoms in total. The fourth-order valence-corrected chi connectivity index (χ4v) is 4.03. The predicted molar refractivity (Wildman–Crippen MR) is 120 cm³/mol. The Balaban J connectivity index is 1.56. The first-order chi connectivity index (χ1) is 15.4. The number of aldehydes is 1. The van der Waals surface area contributed by atoms with Gasteiger partial charge in [-0.1, -0.05) is 18.2 Å². The minimum atomic E-state index is -0.238. The molecule has 0 N–H and O–H groups in total. The largest absolute Gasteiger partial charge is 0.493 e. The van der Waals surface area contributed by atoms with Crippen molar-refractivity contribution in [2.45, 2.75) is 45.3 Å². The predicted octanol–water partition coefficient (Wildman–Crippen LogP) is 3.47. The Morgan fingerprint density at radius 2 is 1.78 bits per heavy atom. The van der Waals surface area contributed by atoms with Gasteiger partial charge in [-0.3, -0.25) is 9.69 Å². The minimum Gasteiger partial charge on any atom is -0.493 e. The number of carbonyl (C=O) groups excluding carboxylic acids is 2. The number of hydrogen-bond donors (Lipinski definition) is 0. The van der Waals surface area contributed by atoms with Crippen LogP contribution in [0.1, 0.15) is 31.4 Å². The number of halogens is 1. The van der Waals surface area contributed by atoms with Crippen LogP contribution in [0.4, 0.5) is 4.39 Å². The van der Waals surface area contributed by atoms with Crippen molar-refractivity contribution in [3.05, 3.63) is 59.4 Å². The minimum absolute atomic E-state index is 0.0374. The van der Waals surface area contributed by atoms with Crippen LogP contribution in [0.25, 0.3) is 0 Å². The number of benzene rings is 2. The number of amides is 1. The summed E-state index contributed by atoms with van der Waals surface area (Å²) in [6.07, 6.45) is 1.97. The van der Waals surface area contributed by atoms with Crippen LogP contribution in [0.3, 0.4) is 0 Å². The molecule has 1 heterocycles. The molecule has 1 aliphatic heterocycles. The molecule has 7 heteroatoms. The third-order valence-electron chi connectivity index (χ3n) is 5.86. The Kier molecular flexibility index (Phi) is 8.22. The van der Waals surface area contributed by atoms with Crippen molar-refractivity contribution in [1.29, 1.82) is 0 Å². The quantitative estimate of drug-likeness (QED) is 0.557. The van der Waals surface area contributed by atoms with E-state index in [1.165, 1.54) is 12.1 Å². The highest BCUT2D eigenvalue weighted by atomic mass is 19.1. The van der Waals surface area contributed by atoms with Crippen LogP contribution in [0.15, 0.2) is 42.5 Å². The summed E-state index contributed by atoms with van der Waals surface area (Å²) in [5.41, 5.74) is 2.03. The van der Waals surface area contributed by atoms with E-state index in [0.717, 1.165) is 30.5 Å². The summed E-state index contributed by atoms with van der Waals surface area (Å²) in [4.78, 5) is 27.7. The Morgan fingerprint density at radius 1 is 1.06 bits per heavy atom. The van der Waals surface area contributed by atoms with Crippen molar-refractivity contribution in [2.75, 3.05) is 26.8 Å². The van der Waals surface area contributed by atoms with Gasteiger partial charge in [-0.2, -0.15) is 0 Å². The zero-order valence-corrected chi connectivity index (χ0v) is 18.9. The molecule has 0 spiro atoms. The summed E-state index contributed by atoms with van der Waals surface area (Å²) in [6, 6.07) is 12.3. The molecular formula is C25H31FN2O4. The molecule has 1 fully saturated rings. The van der Waals surface area contributed by atoms with Gasteiger partial charge in [0.15, 0.2) is 18.1 Å². The molecule has 0 saturated carbocycles. The number of hydrogen-bond acceptors (Lipinski definition) is 5. The number of rotatable bonds is 9. The molecule has 32 heavy (non-hydrogen) atoms. The monoisotopic (exact) mass is 442 g/mol. The fraction of sp³-hybridized carbons (Fsp3) is 0.440. The Labute approximate surface area is 188 Å². The Hall–Kier alpha value is -2.93. The molecule has 2 aromatic rings. The first kappa shape index (κ1) is 23.7. The lowest BCUT2D eigenvalue weighted by molar-refractivity contribution is -0.139. The second kappa shape index (κ2) is 11.1. The molecule has 0 radical (unpaired) electrons. The topological polar surface area (TPSA) is 59.1 Å². The average Bonchev–Trinajstić information content (AvgIpc) is 2.79. The first-order valence-corrected chi connectivity index (χ1v) is 10.9. The molecule has 0 unspecified atom stereocenters. The maximum absolute atomic E-state index is 13.2. The van der Waals surface area contributed by atoms with Gasteiger partial charge in [0.05, 0.1) is 7.11 Å². The van der Waals surface area contributed by atoms with Crippen LogP contribution in [-0.4, -0.2) is 60.9 Å². The highest BCUT2D eigenvalue weighted by Crippen LogP contribution is 2.29. The van der Waals surface area contributed by atoms with Crippen molar-refractivity contribution in [3.8, 4) is 11.5 Å². The van der Waals surface area contributed by atoms with Gasteiger partial charge in [0.2, 0.25) is 0 Å².